The molecule has 1 heterocycles. The van der Waals surface area contributed by atoms with Crippen LogP contribution < -0.4 is 5.32 Å². The number of rotatable bonds is 2. The van der Waals surface area contributed by atoms with Crippen molar-refractivity contribution in [2.75, 3.05) is 13.1 Å². The Labute approximate surface area is 59.4 Å². The number of carbonyl (C=O) groups is 1. The summed E-state index contributed by atoms with van der Waals surface area (Å²) in [4.78, 5) is 11.6. The van der Waals surface area contributed by atoms with E-state index in [4.69, 9.17) is 5.26 Å². The normalized spacial score (nSPS) is 23.9. The summed E-state index contributed by atoms with van der Waals surface area (Å²) in [6.07, 6.45) is 3.60. The molecule has 54 valence electrons. The van der Waals surface area contributed by atoms with Crippen molar-refractivity contribution in [2.45, 2.75) is 12.5 Å². The van der Waals surface area contributed by atoms with Crippen molar-refractivity contribution < 1.29 is 4.79 Å². The number of nitrogens with zero attached hydrogens (tertiary/aromatic N) is 2. The zero-order valence-corrected chi connectivity index (χ0v) is 5.58. The molecule has 0 spiro atoms. The van der Waals surface area contributed by atoms with E-state index in [-0.39, 0.29) is 6.04 Å². The van der Waals surface area contributed by atoms with Crippen LogP contribution in [0.5, 0.6) is 0 Å². The molecule has 0 aromatic carbocycles. The lowest BCUT2D eigenvalue weighted by Gasteiger charge is -2.06. The molecular weight excluding hydrogens is 130 g/mol. The summed E-state index contributed by atoms with van der Waals surface area (Å²) in [5.74, 6) is 0. The topological polar surface area (TPSA) is 56.1 Å². The molecule has 1 saturated heterocycles. The van der Waals surface area contributed by atoms with E-state index in [1.165, 1.54) is 0 Å². The fourth-order valence-electron chi connectivity index (χ4n) is 1.08. The van der Waals surface area contributed by atoms with Crippen LogP contribution in [0, 0.1) is 11.5 Å². The minimum atomic E-state index is 0.178. The first-order chi connectivity index (χ1) is 4.86. The smallest absolute Gasteiger partial charge is 0.207 e. The first-order valence-corrected chi connectivity index (χ1v) is 3.21. The second kappa shape index (κ2) is 3.06. The largest absolute Gasteiger partial charge is 0.354 e. The van der Waals surface area contributed by atoms with Crippen LogP contribution in [0.1, 0.15) is 6.42 Å². The van der Waals surface area contributed by atoms with E-state index in [1.807, 2.05) is 6.19 Å². The Morgan fingerprint density at radius 1 is 1.80 bits per heavy atom. The number of likely N-dealkylation sites (tertiary alicyclic amines) is 1. The van der Waals surface area contributed by atoms with Gasteiger partial charge in [-0.25, -0.2) is 0 Å². The molecule has 4 heteroatoms. The molecule has 0 bridgehead atoms. The van der Waals surface area contributed by atoms with Gasteiger partial charge in [0.25, 0.3) is 0 Å². The van der Waals surface area contributed by atoms with Gasteiger partial charge in [-0.15, -0.1) is 0 Å². The highest BCUT2D eigenvalue weighted by Gasteiger charge is 2.19. The number of nitriles is 1. The zero-order valence-electron chi connectivity index (χ0n) is 5.58. The average molecular weight is 139 g/mol. The maximum atomic E-state index is 9.94. The van der Waals surface area contributed by atoms with Gasteiger partial charge in [-0.05, 0) is 6.42 Å². The molecule has 10 heavy (non-hydrogen) atoms. The summed E-state index contributed by atoms with van der Waals surface area (Å²) >= 11 is 0. The van der Waals surface area contributed by atoms with Crippen LogP contribution in [0.15, 0.2) is 0 Å². The Kier molecular flexibility index (Phi) is 2.11. The van der Waals surface area contributed by atoms with Gasteiger partial charge in [-0.1, -0.05) is 0 Å². The van der Waals surface area contributed by atoms with Gasteiger partial charge in [0.1, 0.15) is 0 Å². The monoisotopic (exact) mass is 139 g/mol. The van der Waals surface area contributed by atoms with Crippen LogP contribution in [-0.4, -0.2) is 30.4 Å². The molecule has 0 aliphatic carbocycles. The minimum Gasteiger partial charge on any atom is -0.354 e. The standard InChI is InChI=1S/C6H9N3O/c7-4-9-2-1-6(3-9)8-5-10/h5-6H,1-3H2,(H,8,10). The predicted molar refractivity (Wildman–Crippen MR) is 34.8 cm³/mol. The second-order valence-electron chi connectivity index (χ2n) is 2.32. The van der Waals surface area contributed by atoms with Crippen molar-refractivity contribution in [2.24, 2.45) is 0 Å². The molecule has 4 nitrogen and oxygen atoms in total. The molecule has 0 saturated carbocycles. The summed E-state index contributed by atoms with van der Waals surface area (Å²) in [6.45, 7) is 1.43. The summed E-state index contributed by atoms with van der Waals surface area (Å²) in [6, 6.07) is 0.178. The minimum absolute atomic E-state index is 0.178. The van der Waals surface area contributed by atoms with Crippen LogP contribution >= 0.6 is 0 Å². The molecule has 1 rings (SSSR count). The van der Waals surface area contributed by atoms with Gasteiger partial charge in [-0.2, -0.15) is 5.26 Å². The summed E-state index contributed by atoms with van der Waals surface area (Å²) in [7, 11) is 0. The maximum absolute atomic E-state index is 9.94. The van der Waals surface area contributed by atoms with Gasteiger partial charge in [0.15, 0.2) is 6.19 Å². The summed E-state index contributed by atoms with van der Waals surface area (Å²) < 4.78 is 0. The van der Waals surface area contributed by atoms with Crippen LogP contribution in [0.4, 0.5) is 0 Å². The lowest BCUT2D eigenvalue weighted by atomic mass is 10.3. The molecule has 0 aromatic rings. The lowest BCUT2D eigenvalue weighted by molar-refractivity contribution is -0.110. The van der Waals surface area contributed by atoms with E-state index >= 15 is 0 Å². The molecule has 1 unspecified atom stereocenters. The molecule has 1 fully saturated rings. The predicted octanol–water partition coefficient (Wildman–Crippen LogP) is -0.712. The molecule has 1 atom stereocenters. The molecule has 1 amide bonds. The van der Waals surface area contributed by atoms with Gasteiger partial charge >= 0.3 is 0 Å². The summed E-state index contributed by atoms with van der Waals surface area (Å²) in [5, 5.41) is 11.0. The van der Waals surface area contributed by atoms with Gasteiger partial charge in [-0.3, -0.25) is 4.79 Å². The Balaban J connectivity index is 2.30. The molecule has 0 aromatic heterocycles. The van der Waals surface area contributed by atoms with Crippen molar-refractivity contribution in [1.29, 1.82) is 5.26 Å². The van der Waals surface area contributed by atoms with Crippen molar-refractivity contribution in [3.05, 3.63) is 0 Å². The van der Waals surface area contributed by atoms with E-state index in [0.717, 1.165) is 13.0 Å². The number of hydrogen-bond acceptors (Lipinski definition) is 3. The van der Waals surface area contributed by atoms with Crippen molar-refractivity contribution in [1.82, 2.24) is 10.2 Å². The third-order valence-electron chi connectivity index (χ3n) is 1.63. The van der Waals surface area contributed by atoms with Crippen LogP contribution in [0.2, 0.25) is 0 Å². The van der Waals surface area contributed by atoms with Gasteiger partial charge in [0, 0.05) is 19.1 Å². The zero-order chi connectivity index (χ0) is 7.40. The quantitative estimate of drug-likeness (QED) is 0.406. The number of amides is 1. The van der Waals surface area contributed by atoms with E-state index in [1.54, 1.807) is 4.90 Å². The first-order valence-electron chi connectivity index (χ1n) is 3.21. The highest BCUT2D eigenvalue weighted by Crippen LogP contribution is 2.05. The molecule has 1 N–H and O–H groups in total. The van der Waals surface area contributed by atoms with E-state index in [9.17, 15) is 4.79 Å². The van der Waals surface area contributed by atoms with Crippen LogP contribution in [0.3, 0.4) is 0 Å². The number of carbonyl (C=O) groups excluding carboxylic acids is 1. The van der Waals surface area contributed by atoms with E-state index in [2.05, 4.69) is 5.32 Å². The van der Waals surface area contributed by atoms with Crippen LogP contribution in [0.25, 0.3) is 0 Å². The third kappa shape index (κ3) is 1.38. The van der Waals surface area contributed by atoms with Crippen LogP contribution in [-0.2, 0) is 4.79 Å². The van der Waals surface area contributed by atoms with Gasteiger partial charge in [0.05, 0.1) is 0 Å². The third-order valence-corrected chi connectivity index (χ3v) is 1.63. The highest BCUT2D eigenvalue weighted by atomic mass is 16.1. The Bertz CT molecular complexity index is 163. The maximum Gasteiger partial charge on any atom is 0.207 e. The fraction of sp³-hybridized carbons (Fsp3) is 0.667. The SMILES string of the molecule is N#CN1CCC(NC=O)C1. The van der Waals surface area contributed by atoms with Crippen molar-refractivity contribution in [3.63, 3.8) is 0 Å². The molecule has 1 aliphatic heterocycles. The van der Waals surface area contributed by atoms with Gasteiger partial charge < -0.3 is 10.2 Å². The number of hydrogen-bond donors (Lipinski definition) is 1. The Morgan fingerprint density at radius 3 is 3.10 bits per heavy atom. The van der Waals surface area contributed by atoms with Crippen molar-refractivity contribution in [3.8, 4) is 6.19 Å². The lowest BCUT2D eigenvalue weighted by Crippen LogP contribution is -2.29. The Morgan fingerprint density at radius 2 is 2.60 bits per heavy atom. The van der Waals surface area contributed by atoms with Crippen molar-refractivity contribution >= 4 is 6.41 Å². The second-order valence-corrected chi connectivity index (χ2v) is 2.32. The van der Waals surface area contributed by atoms with E-state index in [0.29, 0.717) is 13.0 Å². The summed E-state index contributed by atoms with van der Waals surface area (Å²) in [5.41, 5.74) is 0. The highest BCUT2D eigenvalue weighted by molar-refractivity contribution is 5.46. The first kappa shape index (κ1) is 6.87. The number of nitrogens with one attached hydrogen (secondary N) is 1. The molecule has 0 radical (unpaired) electrons. The van der Waals surface area contributed by atoms with E-state index < -0.39 is 0 Å². The van der Waals surface area contributed by atoms with Gasteiger partial charge in [0.2, 0.25) is 6.41 Å². The Hall–Kier alpha value is -1.24. The molecular formula is C6H9N3O. The fourth-order valence-corrected chi connectivity index (χ4v) is 1.08. The average Bonchev–Trinajstić information content (AvgIpc) is 2.37. The molecule has 1 aliphatic rings.